The van der Waals surface area contributed by atoms with Crippen LogP contribution in [0.1, 0.15) is 29.2 Å². The van der Waals surface area contributed by atoms with Crippen molar-refractivity contribution in [3.8, 4) is 23.0 Å². The Kier molecular flexibility index (Phi) is 6.88. The van der Waals surface area contributed by atoms with Gasteiger partial charge in [0.2, 0.25) is 0 Å². The highest BCUT2D eigenvalue weighted by atomic mass is 32.2. The first-order valence-electron chi connectivity index (χ1n) is 10.9. The molecule has 0 saturated heterocycles. The summed E-state index contributed by atoms with van der Waals surface area (Å²) in [6, 6.07) is 16.7. The molecule has 9 heteroatoms. The molecule has 1 aliphatic rings. The summed E-state index contributed by atoms with van der Waals surface area (Å²) in [6.45, 7) is 1.91. The fraction of sp³-hybridized carbons (Fsp3) is 0.269. The van der Waals surface area contributed by atoms with Gasteiger partial charge in [0.1, 0.15) is 23.0 Å². The Balaban J connectivity index is 1.88. The van der Waals surface area contributed by atoms with Crippen LogP contribution in [0.25, 0.3) is 0 Å². The fourth-order valence-corrected chi connectivity index (χ4v) is 5.48. The molecule has 0 bridgehead atoms. The van der Waals surface area contributed by atoms with Crippen molar-refractivity contribution in [2.45, 2.75) is 24.3 Å². The van der Waals surface area contributed by atoms with Crippen LogP contribution in [-0.4, -0.2) is 47.0 Å². The zero-order chi connectivity index (χ0) is 25.2. The van der Waals surface area contributed by atoms with E-state index < -0.39 is 16.1 Å². The number of sulfonamides is 1. The molecule has 0 fully saturated rings. The molecule has 0 radical (unpaired) electrons. The maximum atomic E-state index is 13.8. The van der Waals surface area contributed by atoms with Crippen LogP contribution >= 0.6 is 0 Å². The van der Waals surface area contributed by atoms with E-state index in [0.29, 0.717) is 46.3 Å². The zero-order valence-corrected chi connectivity index (χ0v) is 21.1. The van der Waals surface area contributed by atoms with E-state index in [0.717, 1.165) is 9.98 Å². The second kappa shape index (κ2) is 9.87. The first-order chi connectivity index (χ1) is 16.8. The van der Waals surface area contributed by atoms with Crippen LogP contribution in [-0.2, 0) is 10.0 Å². The Bertz CT molecular complexity index is 1350. The molecule has 1 heterocycles. The quantitative estimate of drug-likeness (QED) is 0.454. The van der Waals surface area contributed by atoms with E-state index in [1.165, 1.54) is 0 Å². The van der Waals surface area contributed by atoms with Gasteiger partial charge in [0.25, 0.3) is 10.0 Å². The number of hydrogen-bond acceptors (Lipinski definition) is 7. The number of nitrogens with zero attached hydrogens (tertiary/aromatic N) is 2. The normalized spacial score (nSPS) is 15.5. The molecule has 0 amide bonds. The standard InChI is InChI=1S/C26H28N2O6S/c1-17-6-10-20(11-7-17)35(29,30)28-24(22-14-18(31-2)9-13-25(22)33-4)16-23(27-28)21-12-8-19(32-3)15-26(21)34-5/h6-15,24H,16H2,1-5H3. The molecule has 0 saturated carbocycles. The van der Waals surface area contributed by atoms with Crippen molar-refractivity contribution in [3.63, 3.8) is 0 Å². The van der Waals surface area contributed by atoms with Crippen LogP contribution in [0, 0.1) is 6.92 Å². The van der Waals surface area contributed by atoms with Crippen molar-refractivity contribution in [2.75, 3.05) is 28.4 Å². The van der Waals surface area contributed by atoms with Crippen molar-refractivity contribution in [1.29, 1.82) is 0 Å². The van der Waals surface area contributed by atoms with Gasteiger partial charge in [-0.25, -0.2) is 0 Å². The van der Waals surface area contributed by atoms with Gasteiger partial charge < -0.3 is 18.9 Å². The summed E-state index contributed by atoms with van der Waals surface area (Å²) >= 11 is 0. The molecule has 3 aromatic carbocycles. The van der Waals surface area contributed by atoms with Crippen LogP contribution in [0.2, 0.25) is 0 Å². The van der Waals surface area contributed by atoms with Crippen molar-refractivity contribution in [3.05, 3.63) is 77.4 Å². The van der Waals surface area contributed by atoms with Gasteiger partial charge in [-0.1, -0.05) is 17.7 Å². The van der Waals surface area contributed by atoms with E-state index in [9.17, 15) is 8.42 Å². The third-order valence-corrected chi connectivity index (χ3v) is 7.65. The number of hydrogen-bond donors (Lipinski definition) is 0. The van der Waals surface area contributed by atoms with Crippen LogP contribution in [0.4, 0.5) is 0 Å². The molecule has 4 rings (SSSR count). The molecule has 1 aliphatic heterocycles. The molecule has 184 valence electrons. The van der Waals surface area contributed by atoms with Gasteiger partial charge in [0, 0.05) is 23.6 Å². The van der Waals surface area contributed by atoms with E-state index in [1.807, 2.05) is 13.0 Å². The van der Waals surface area contributed by atoms with Crippen molar-refractivity contribution >= 4 is 15.7 Å². The lowest BCUT2D eigenvalue weighted by Crippen LogP contribution is -2.27. The average molecular weight is 497 g/mol. The Labute approximate surface area is 205 Å². The third-order valence-electron chi connectivity index (χ3n) is 5.95. The van der Waals surface area contributed by atoms with Gasteiger partial charge in [-0.05, 0) is 49.4 Å². The Hall–Kier alpha value is -3.72. The van der Waals surface area contributed by atoms with E-state index in [4.69, 9.17) is 18.9 Å². The number of methoxy groups -OCH3 is 4. The summed E-state index contributed by atoms with van der Waals surface area (Å²) in [5.41, 5.74) is 2.86. The Morgan fingerprint density at radius 1 is 0.800 bits per heavy atom. The smallest absolute Gasteiger partial charge is 0.279 e. The van der Waals surface area contributed by atoms with Crippen molar-refractivity contribution in [2.24, 2.45) is 5.10 Å². The van der Waals surface area contributed by atoms with E-state index in [1.54, 1.807) is 83.0 Å². The minimum absolute atomic E-state index is 0.154. The van der Waals surface area contributed by atoms with E-state index >= 15 is 0 Å². The largest absolute Gasteiger partial charge is 0.497 e. The Morgan fingerprint density at radius 3 is 2.06 bits per heavy atom. The van der Waals surface area contributed by atoms with Gasteiger partial charge in [-0.2, -0.15) is 17.9 Å². The monoisotopic (exact) mass is 496 g/mol. The van der Waals surface area contributed by atoms with Gasteiger partial charge in [-0.3, -0.25) is 0 Å². The molecule has 3 aromatic rings. The number of benzene rings is 3. The summed E-state index contributed by atoms with van der Waals surface area (Å²) in [6.07, 6.45) is 0.303. The molecule has 1 unspecified atom stereocenters. The molecule has 0 spiro atoms. The number of hydrazone groups is 1. The maximum Gasteiger partial charge on any atom is 0.279 e. The highest BCUT2D eigenvalue weighted by molar-refractivity contribution is 7.89. The molecular weight excluding hydrogens is 468 g/mol. The second-order valence-electron chi connectivity index (χ2n) is 8.03. The summed E-state index contributed by atoms with van der Waals surface area (Å²) in [5, 5.41) is 4.63. The molecule has 35 heavy (non-hydrogen) atoms. The Morgan fingerprint density at radius 2 is 1.43 bits per heavy atom. The lowest BCUT2D eigenvalue weighted by atomic mass is 9.97. The molecule has 0 N–H and O–H groups in total. The lowest BCUT2D eigenvalue weighted by molar-refractivity contribution is 0.346. The first-order valence-corrected chi connectivity index (χ1v) is 12.4. The highest BCUT2D eigenvalue weighted by Crippen LogP contribution is 2.43. The number of rotatable bonds is 8. The number of ether oxygens (including phenoxy) is 4. The fourth-order valence-electron chi connectivity index (χ4n) is 4.06. The molecule has 1 atom stereocenters. The van der Waals surface area contributed by atoms with Crippen LogP contribution in [0.15, 0.2) is 70.7 Å². The van der Waals surface area contributed by atoms with Gasteiger partial charge >= 0.3 is 0 Å². The molecule has 0 aliphatic carbocycles. The summed E-state index contributed by atoms with van der Waals surface area (Å²) < 4.78 is 50.7. The average Bonchev–Trinajstić information content (AvgIpc) is 3.34. The van der Waals surface area contributed by atoms with Gasteiger partial charge in [0.05, 0.1) is 45.1 Å². The molecular formula is C26H28N2O6S. The number of aryl methyl sites for hydroxylation is 1. The first kappa shape index (κ1) is 24.4. The van der Waals surface area contributed by atoms with Crippen LogP contribution in [0.3, 0.4) is 0 Å². The van der Waals surface area contributed by atoms with Crippen molar-refractivity contribution < 1.29 is 27.4 Å². The van der Waals surface area contributed by atoms with E-state index in [-0.39, 0.29) is 4.90 Å². The highest BCUT2D eigenvalue weighted by Gasteiger charge is 2.40. The second-order valence-corrected chi connectivity index (χ2v) is 9.83. The van der Waals surface area contributed by atoms with Gasteiger partial charge in [0.15, 0.2) is 0 Å². The summed E-state index contributed by atoms with van der Waals surface area (Å²) in [4.78, 5) is 0.154. The predicted molar refractivity (Wildman–Crippen MR) is 133 cm³/mol. The third kappa shape index (κ3) is 4.64. The zero-order valence-electron chi connectivity index (χ0n) is 20.3. The molecule has 8 nitrogen and oxygen atoms in total. The van der Waals surface area contributed by atoms with Crippen molar-refractivity contribution in [1.82, 2.24) is 4.41 Å². The minimum atomic E-state index is -3.99. The van der Waals surface area contributed by atoms with Crippen LogP contribution in [0.5, 0.6) is 23.0 Å². The summed E-state index contributed by atoms with van der Waals surface area (Å²) in [7, 11) is 2.25. The van der Waals surface area contributed by atoms with Crippen LogP contribution < -0.4 is 18.9 Å². The topological polar surface area (TPSA) is 86.7 Å². The predicted octanol–water partition coefficient (Wildman–Crippen LogP) is 4.57. The maximum absolute atomic E-state index is 13.8. The van der Waals surface area contributed by atoms with Gasteiger partial charge in [-0.15, -0.1) is 0 Å². The summed E-state index contributed by atoms with van der Waals surface area (Å²) in [5.74, 6) is 2.29. The van der Waals surface area contributed by atoms with E-state index in [2.05, 4.69) is 5.10 Å². The minimum Gasteiger partial charge on any atom is -0.497 e. The molecule has 0 aromatic heterocycles. The lowest BCUT2D eigenvalue weighted by Gasteiger charge is -2.25. The SMILES string of the molecule is COc1ccc(C2=NN(S(=O)(=O)c3ccc(C)cc3)C(c3cc(OC)ccc3OC)C2)c(OC)c1.